The van der Waals surface area contributed by atoms with Crippen molar-refractivity contribution in [3.63, 3.8) is 0 Å². The Kier molecular flexibility index (Phi) is 11.0. The molecule has 2 saturated heterocycles. The lowest BCUT2D eigenvalue weighted by atomic mass is 9.74. The second-order valence-corrected chi connectivity index (χ2v) is 14.2. The number of hydrogen-bond donors (Lipinski definition) is 2. The number of rotatable bonds is 9. The minimum absolute atomic E-state index is 0.0572. The summed E-state index contributed by atoms with van der Waals surface area (Å²) in [6.45, 7) is 9.72. The molecule has 2 fully saturated rings. The number of aliphatic hydroxyl groups excluding tert-OH is 1. The highest BCUT2D eigenvalue weighted by molar-refractivity contribution is 6.05. The summed E-state index contributed by atoms with van der Waals surface area (Å²) in [5.41, 5.74) is 0.907. The number of benzene rings is 2. The van der Waals surface area contributed by atoms with Gasteiger partial charge in [-0.15, -0.1) is 0 Å². The van der Waals surface area contributed by atoms with Gasteiger partial charge in [-0.25, -0.2) is 0 Å². The normalized spacial score (nSPS) is 29.3. The number of likely N-dealkylation sites (tertiary alicyclic amines) is 1. The average Bonchev–Trinajstić information content (AvgIpc) is 3.78. The predicted octanol–water partition coefficient (Wildman–Crippen LogP) is 4.17. The number of esters is 1. The highest BCUT2D eigenvalue weighted by Crippen LogP contribution is 2.56. The van der Waals surface area contributed by atoms with Crippen molar-refractivity contribution < 1.29 is 33.8 Å². The molecule has 11 heteroatoms. The number of anilines is 2. The summed E-state index contributed by atoms with van der Waals surface area (Å²) in [6, 6.07) is 15.1. The van der Waals surface area contributed by atoms with Crippen LogP contribution in [0.4, 0.5) is 11.4 Å². The summed E-state index contributed by atoms with van der Waals surface area (Å²) in [6.07, 6.45) is 6.77. The Morgan fingerprint density at radius 3 is 2.37 bits per heavy atom. The molecule has 4 aliphatic heterocycles. The van der Waals surface area contributed by atoms with Crippen molar-refractivity contribution in [2.75, 3.05) is 42.6 Å². The zero-order chi connectivity index (χ0) is 36.3. The summed E-state index contributed by atoms with van der Waals surface area (Å²) >= 11 is 0. The molecule has 4 aliphatic rings. The molecule has 0 radical (unpaired) electrons. The molecule has 2 aromatic rings. The van der Waals surface area contributed by atoms with Crippen LogP contribution in [0.15, 0.2) is 78.9 Å². The van der Waals surface area contributed by atoms with E-state index in [1.165, 1.54) is 4.90 Å². The molecule has 0 aliphatic carbocycles. The van der Waals surface area contributed by atoms with Crippen LogP contribution in [-0.2, 0) is 28.7 Å². The van der Waals surface area contributed by atoms with Crippen molar-refractivity contribution in [1.29, 1.82) is 0 Å². The van der Waals surface area contributed by atoms with Gasteiger partial charge in [0.1, 0.15) is 23.7 Å². The van der Waals surface area contributed by atoms with Gasteiger partial charge in [0.25, 0.3) is 5.91 Å². The van der Waals surface area contributed by atoms with Gasteiger partial charge in [0, 0.05) is 37.4 Å². The van der Waals surface area contributed by atoms with Gasteiger partial charge in [-0.1, -0.05) is 68.5 Å². The van der Waals surface area contributed by atoms with Crippen LogP contribution < -0.4 is 15.1 Å². The third-order valence-electron chi connectivity index (χ3n) is 10.6. The summed E-state index contributed by atoms with van der Waals surface area (Å²) in [7, 11) is 0. The van der Waals surface area contributed by atoms with Crippen LogP contribution in [0.2, 0.25) is 0 Å². The van der Waals surface area contributed by atoms with Crippen LogP contribution in [0.1, 0.15) is 58.6 Å². The maximum atomic E-state index is 15.2. The molecule has 5 bridgehead atoms. The number of carbonyl (C=O) groups is 4. The molecule has 7 atom stereocenters. The Morgan fingerprint density at radius 1 is 0.980 bits per heavy atom. The molecule has 0 unspecified atom stereocenters. The molecular weight excluding hydrogens is 648 g/mol. The number of nitrogens with one attached hydrogen (secondary N) is 1. The highest BCUT2D eigenvalue weighted by Gasteiger charge is 2.74. The van der Waals surface area contributed by atoms with E-state index < -0.39 is 53.6 Å². The van der Waals surface area contributed by atoms with Gasteiger partial charge in [-0.2, -0.15) is 0 Å². The van der Waals surface area contributed by atoms with Crippen LogP contribution >= 0.6 is 0 Å². The monoisotopic (exact) mass is 698 g/mol. The van der Waals surface area contributed by atoms with E-state index >= 15 is 4.79 Å². The Balaban J connectivity index is 1.45. The molecule has 11 nitrogen and oxygen atoms in total. The van der Waals surface area contributed by atoms with Crippen LogP contribution in [-0.4, -0.2) is 90.3 Å². The smallest absolute Gasteiger partial charge is 0.313 e. The summed E-state index contributed by atoms with van der Waals surface area (Å²) in [4.78, 5) is 62.5. The second-order valence-electron chi connectivity index (χ2n) is 14.2. The van der Waals surface area contributed by atoms with Crippen molar-refractivity contribution in [2.45, 2.75) is 76.9 Å². The molecule has 3 amide bonds. The van der Waals surface area contributed by atoms with Gasteiger partial charge in [0.15, 0.2) is 0 Å². The first kappa shape index (κ1) is 36.3. The number of carbonyl (C=O) groups excluding carboxylic acids is 4. The largest absolute Gasteiger partial charge is 0.455 e. The zero-order valence-corrected chi connectivity index (χ0v) is 29.9. The Hall–Kier alpha value is -4.48. The van der Waals surface area contributed by atoms with E-state index in [2.05, 4.69) is 24.1 Å². The van der Waals surface area contributed by atoms with E-state index in [1.807, 2.05) is 80.6 Å². The fourth-order valence-corrected chi connectivity index (χ4v) is 8.19. The lowest BCUT2D eigenvalue weighted by Crippen LogP contribution is -2.59. The van der Waals surface area contributed by atoms with E-state index in [9.17, 15) is 19.5 Å². The molecule has 51 heavy (non-hydrogen) atoms. The van der Waals surface area contributed by atoms with Gasteiger partial charge >= 0.3 is 5.97 Å². The molecular formula is C40H50N4O7. The fraction of sp³-hybridized carbons (Fsp3) is 0.500. The molecule has 2 N–H and O–H groups in total. The van der Waals surface area contributed by atoms with Crippen LogP contribution in [0.5, 0.6) is 0 Å². The fourth-order valence-electron chi connectivity index (χ4n) is 8.19. The number of allylic oxidation sites excluding steroid dienone is 1. The van der Waals surface area contributed by atoms with Gasteiger partial charge in [-0.05, 0) is 62.4 Å². The van der Waals surface area contributed by atoms with Gasteiger partial charge in [-0.3, -0.25) is 19.2 Å². The number of cyclic esters (lactones) is 1. The van der Waals surface area contributed by atoms with Gasteiger partial charge in [0.05, 0.1) is 31.2 Å². The third-order valence-corrected chi connectivity index (χ3v) is 10.6. The number of hydrogen-bond acceptors (Lipinski definition) is 8. The van der Waals surface area contributed by atoms with Crippen LogP contribution in [0.25, 0.3) is 0 Å². The molecule has 1 spiro atoms. The average molecular weight is 699 g/mol. The molecule has 2 aromatic carbocycles. The first-order valence-electron chi connectivity index (χ1n) is 18.3. The Bertz CT molecular complexity index is 1640. The SMILES string of the molecule is CCN(CC)c1ccc(N2C/C=C\CCC(=O)NC[C@@H](c3ccccc3)OC(=O)[C@@H]3[C@@H]4C=C[C@]5(O4)[C@H](C2=O)N([C@@H](CO)CC(C)C)C(=O)[C@@H]35)cc1. The van der Waals surface area contributed by atoms with Crippen LogP contribution in [0.3, 0.4) is 0 Å². The van der Waals surface area contributed by atoms with E-state index in [-0.39, 0.29) is 43.8 Å². The quantitative estimate of drug-likeness (QED) is 0.295. The van der Waals surface area contributed by atoms with Crippen molar-refractivity contribution in [1.82, 2.24) is 10.2 Å². The number of nitrogens with zero attached hydrogens (tertiary/aromatic N) is 3. The van der Waals surface area contributed by atoms with Crippen molar-refractivity contribution >= 4 is 35.1 Å². The lowest BCUT2D eigenvalue weighted by Gasteiger charge is -2.39. The van der Waals surface area contributed by atoms with Crippen molar-refractivity contribution in [2.24, 2.45) is 17.8 Å². The van der Waals surface area contributed by atoms with Gasteiger partial charge < -0.3 is 34.6 Å². The first-order chi connectivity index (χ1) is 24.6. The zero-order valence-electron chi connectivity index (χ0n) is 29.9. The minimum atomic E-state index is -1.44. The molecule has 272 valence electrons. The van der Waals surface area contributed by atoms with Crippen molar-refractivity contribution in [3.8, 4) is 0 Å². The molecule has 0 aromatic heterocycles. The van der Waals surface area contributed by atoms with Crippen molar-refractivity contribution in [3.05, 3.63) is 84.5 Å². The summed E-state index contributed by atoms with van der Waals surface area (Å²) < 4.78 is 12.8. The second kappa shape index (κ2) is 15.4. The molecule has 6 rings (SSSR count). The van der Waals surface area contributed by atoms with Gasteiger partial charge in [0.2, 0.25) is 11.8 Å². The standard InChI is InChI=1S/C40H50N4O7/c1-5-42(6-2)28-16-18-29(19-17-28)43-22-12-8-11-15-33(46)41-24-32(27-13-9-7-10-14-27)50-39(49)34-31-20-21-40(51-31)35(34)37(47)44(36(40)38(43)48)30(25-45)23-26(3)4/h7-10,12-14,16-21,26,30-32,34-36,45H,5-6,11,15,22-25H2,1-4H3,(H,41,46)/b12-8-/t30-,31+,32+,34-,35-,36+,40-/m1/s1. The molecule has 4 heterocycles. The van der Waals surface area contributed by atoms with E-state index in [0.29, 0.717) is 24.1 Å². The summed E-state index contributed by atoms with van der Waals surface area (Å²) in [5.74, 6) is -3.59. The number of amides is 3. The maximum Gasteiger partial charge on any atom is 0.313 e. The van der Waals surface area contributed by atoms with Crippen LogP contribution in [0, 0.1) is 17.8 Å². The lowest BCUT2D eigenvalue weighted by molar-refractivity contribution is -0.160. The number of ether oxygens (including phenoxy) is 2. The van der Waals surface area contributed by atoms with E-state index in [1.54, 1.807) is 17.1 Å². The Morgan fingerprint density at radius 2 is 1.71 bits per heavy atom. The topological polar surface area (TPSA) is 129 Å². The highest BCUT2D eigenvalue weighted by atomic mass is 16.6. The Labute approximate surface area is 300 Å². The van der Waals surface area contributed by atoms with E-state index in [4.69, 9.17) is 9.47 Å². The maximum absolute atomic E-state index is 15.2. The summed E-state index contributed by atoms with van der Waals surface area (Å²) in [5, 5.41) is 13.6. The number of aliphatic hydroxyl groups is 1. The first-order valence-corrected chi connectivity index (χ1v) is 18.3. The predicted molar refractivity (Wildman–Crippen MR) is 194 cm³/mol. The minimum Gasteiger partial charge on any atom is -0.455 e. The van der Waals surface area contributed by atoms with E-state index in [0.717, 1.165) is 18.8 Å². The number of fused-ring (bicyclic) bond motifs is 2. The molecule has 0 saturated carbocycles. The third kappa shape index (κ3) is 6.93.